The van der Waals surface area contributed by atoms with Gasteiger partial charge in [-0.1, -0.05) is 29.8 Å². The average Bonchev–Trinajstić information content (AvgIpc) is 2.44. The van der Waals surface area contributed by atoms with Crippen LogP contribution in [0.1, 0.15) is 0 Å². The Bertz CT molecular complexity index is 771. The molecule has 94 valence electrons. The van der Waals surface area contributed by atoms with E-state index in [4.69, 9.17) is 11.6 Å². The number of halogens is 1. The van der Waals surface area contributed by atoms with Crippen LogP contribution in [0, 0.1) is 0 Å². The maximum absolute atomic E-state index is 10.3. The van der Waals surface area contributed by atoms with Gasteiger partial charge in [-0.05, 0) is 24.3 Å². The summed E-state index contributed by atoms with van der Waals surface area (Å²) in [5.74, 6) is 0.102. The van der Waals surface area contributed by atoms with Crippen molar-refractivity contribution in [1.29, 1.82) is 0 Å². The lowest BCUT2D eigenvalue weighted by atomic mass is 10.0. The van der Waals surface area contributed by atoms with Gasteiger partial charge in [-0.2, -0.15) is 0 Å². The smallest absolute Gasteiger partial charge is 0.149 e. The highest BCUT2D eigenvalue weighted by atomic mass is 35.5. The van der Waals surface area contributed by atoms with Crippen molar-refractivity contribution in [3.05, 3.63) is 53.7 Å². The van der Waals surface area contributed by atoms with Gasteiger partial charge in [0.15, 0.2) is 0 Å². The van der Waals surface area contributed by atoms with Crippen molar-refractivity contribution in [2.24, 2.45) is 0 Å². The molecule has 0 radical (unpaired) electrons. The Morgan fingerprint density at radius 1 is 0.947 bits per heavy atom. The number of hydrogen-bond donors (Lipinski definition) is 2. The summed E-state index contributed by atoms with van der Waals surface area (Å²) in [6.45, 7) is 0. The van der Waals surface area contributed by atoms with Crippen LogP contribution >= 0.6 is 11.6 Å². The van der Waals surface area contributed by atoms with Crippen LogP contribution in [0.25, 0.3) is 22.0 Å². The minimum Gasteiger partial charge on any atom is -0.507 e. The van der Waals surface area contributed by atoms with Crippen molar-refractivity contribution in [2.45, 2.75) is 0 Å². The molecule has 0 amide bonds. The molecule has 0 saturated carbocycles. The minimum absolute atomic E-state index is 0.0153. The number of benzene rings is 2. The minimum atomic E-state index is 0.0153. The predicted molar refractivity (Wildman–Crippen MR) is 75.5 cm³/mol. The number of phenols is 2. The van der Waals surface area contributed by atoms with Crippen LogP contribution < -0.4 is 0 Å². The van der Waals surface area contributed by atoms with Gasteiger partial charge >= 0.3 is 0 Å². The van der Waals surface area contributed by atoms with E-state index in [2.05, 4.69) is 4.98 Å². The summed E-state index contributed by atoms with van der Waals surface area (Å²) in [6, 6.07) is 12.0. The molecule has 0 bridgehead atoms. The summed E-state index contributed by atoms with van der Waals surface area (Å²) >= 11 is 6.20. The highest BCUT2D eigenvalue weighted by molar-refractivity contribution is 6.36. The third-order valence-electron chi connectivity index (χ3n) is 3.01. The zero-order chi connectivity index (χ0) is 13.4. The Kier molecular flexibility index (Phi) is 2.76. The molecule has 4 heteroatoms. The lowest BCUT2D eigenvalue weighted by Gasteiger charge is -2.10. The van der Waals surface area contributed by atoms with Crippen molar-refractivity contribution in [2.75, 3.05) is 0 Å². The predicted octanol–water partition coefficient (Wildman–Crippen LogP) is 3.97. The molecular formula is C15H10ClNO2. The van der Waals surface area contributed by atoms with E-state index in [1.165, 1.54) is 0 Å². The normalized spacial score (nSPS) is 10.8. The Hall–Kier alpha value is -2.26. The summed E-state index contributed by atoms with van der Waals surface area (Å²) in [6.07, 6.45) is 1.59. The average molecular weight is 272 g/mol. The lowest BCUT2D eigenvalue weighted by molar-refractivity contribution is 0.471. The van der Waals surface area contributed by atoms with Crippen LogP contribution in [0.5, 0.6) is 11.5 Å². The van der Waals surface area contributed by atoms with E-state index in [1.807, 2.05) is 0 Å². The second-order valence-corrected chi connectivity index (χ2v) is 4.58. The van der Waals surface area contributed by atoms with Crippen molar-refractivity contribution < 1.29 is 10.2 Å². The van der Waals surface area contributed by atoms with Crippen LogP contribution in [0.2, 0.25) is 5.02 Å². The van der Waals surface area contributed by atoms with Crippen LogP contribution in [-0.4, -0.2) is 15.2 Å². The maximum Gasteiger partial charge on any atom is 0.149 e. The van der Waals surface area contributed by atoms with E-state index in [9.17, 15) is 10.2 Å². The van der Waals surface area contributed by atoms with Crippen LogP contribution in [-0.2, 0) is 0 Å². The van der Waals surface area contributed by atoms with Gasteiger partial charge in [-0.15, -0.1) is 0 Å². The molecule has 3 nitrogen and oxygen atoms in total. The Labute approximate surface area is 114 Å². The molecule has 19 heavy (non-hydrogen) atoms. The Balaban J connectivity index is 2.38. The third-order valence-corrected chi connectivity index (χ3v) is 3.32. The molecule has 2 N–H and O–H groups in total. The van der Waals surface area contributed by atoms with E-state index in [1.54, 1.807) is 48.7 Å². The van der Waals surface area contributed by atoms with E-state index >= 15 is 0 Å². The molecule has 2 aromatic carbocycles. The number of aromatic hydroxyl groups is 2. The zero-order valence-electron chi connectivity index (χ0n) is 9.84. The summed E-state index contributed by atoms with van der Waals surface area (Å²) in [4.78, 5) is 4.14. The first-order valence-corrected chi connectivity index (χ1v) is 6.11. The first kappa shape index (κ1) is 11.8. The molecule has 0 aliphatic heterocycles. The number of hydrogen-bond acceptors (Lipinski definition) is 3. The highest BCUT2D eigenvalue weighted by Crippen LogP contribution is 2.41. The molecule has 0 atom stereocenters. The van der Waals surface area contributed by atoms with E-state index in [0.717, 1.165) is 0 Å². The van der Waals surface area contributed by atoms with Gasteiger partial charge in [0.05, 0.1) is 5.02 Å². The van der Waals surface area contributed by atoms with Gasteiger partial charge < -0.3 is 10.2 Å². The molecule has 3 rings (SSSR count). The Morgan fingerprint density at radius 2 is 1.74 bits per heavy atom. The molecule has 0 unspecified atom stereocenters. The van der Waals surface area contributed by atoms with Gasteiger partial charge in [-0.3, -0.25) is 4.98 Å². The Morgan fingerprint density at radius 3 is 2.53 bits per heavy atom. The lowest BCUT2D eigenvalue weighted by Crippen LogP contribution is -1.86. The van der Waals surface area contributed by atoms with Gasteiger partial charge in [0.1, 0.15) is 17.0 Å². The van der Waals surface area contributed by atoms with Crippen LogP contribution in [0.4, 0.5) is 0 Å². The van der Waals surface area contributed by atoms with Crippen LogP contribution in [0.15, 0.2) is 48.7 Å². The van der Waals surface area contributed by atoms with Crippen molar-refractivity contribution in [1.82, 2.24) is 4.98 Å². The number of rotatable bonds is 1. The number of nitrogens with zero attached hydrogens (tertiary/aromatic N) is 1. The van der Waals surface area contributed by atoms with Gasteiger partial charge in [-0.25, -0.2) is 0 Å². The zero-order valence-corrected chi connectivity index (χ0v) is 10.6. The van der Waals surface area contributed by atoms with Gasteiger partial charge in [0, 0.05) is 22.7 Å². The molecule has 1 aromatic heterocycles. The van der Waals surface area contributed by atoms with E-state index in [0.29, 0.717) is 27.1 Å². The van der Waals surface area contributed by atoms with E-state index in [-0.39, 0.29) is 11.5 Å². The number of para-hydroxylation sites is 1. The summed E-state index contributed by atoms with van der Waals surface area (Å²) in [7, 11) is 0. The molecular weight excluding hydrogens is 262 g/mol. The second kappa shape index (κ2) is 4.44. The van der Waals surface area contributed by atoms with Crippen molar-refractivity contribution >= 4 is 22.5 Å². The quantitative estimate of drug-likeness (QED) is 0.704. The number of pyridine rings is 1. The number of aromatic nitrogens is 1. The summed E-state index contributed by atoms with van der Waals surface area (Å²) in [5, 5.41) is 21.4. The van der Waals surface area contributed by atoms with Crippen molar-refractivity contribution in [3.63, 3.8) is 0 Å². The standard InChI is InChI=1S/C15H10ClNO2/c16-12-8-11(9-4-1-2-6-13(9)18)15(19)14-10(12)5-3-7-17-14/h1-8,18-19H. The number of fused-ring (bicyclic) bond motifs is 1. The fraction of sp³-hybridized carbons (Fsp3) is 0. The molecule has 0 fully saturated rings. The first-order valence-electron chi connectivity index (χ1n) is 5.73. The van der Waals surface area contributed by atoms with Gasteiger partial charge in [0.2, 0.25) is 0 Å². The van der Waals surface area contributed by atoms with Crippen molar-refractivity contribution in [3.8, 4) is 22.6 Å². The first-order chi connectivity index (χ1) is 9.18. The fourth-order valence-corrected chi connectivity index (χ4v) is 2.36. The maximum atomic E-state index is 10.3. The van der Waals surface area contributed by atoms with E-state index < -0.39 is 0 Å². The van der Waals surface area contributed by atoms with Crippen LogP contribution in [0.3, 0.4) is 0 Å². The molecule has 0 aliphatic rings. The molecule has 0 spiro atoms. The topological polar surface area (TPSA) is 53.4 Å². The summed E-state index contributed by atoms with van der Waals surface area (Å²) < 4.78 is 0. The SMILES string of the molecule is Oc1ccccc1-c1cc(Cl)c2cccnc2c1O. The second-order valence-electron chi connectivity index (χ2n) is 4.17. The highest BCUT2D eigenvalue weighted by Gasteiger charge is 2.14. The molecule has 3 aromatic rings. The third kappa shape index (κ3) is 1.88. The molecule has 0 aliphatic carbocycles. The molecule has 1 heterocycles. The largest absolute Gasteiger partial charge is 0.507 e. The summed E-state index contributed by atoms with van der Waals surface area (Å²) in [5.41, 5.74) is 1.41. The monoisotopic (exact) mass is 271 g/mol. The number of phenolic OH excluding ortho intramolecular Hbond substituents is 2. The fourth-order valence-electron chi connectivity index (χ4n) is 2.09. The van der Waals surface area contributed by atoms with Gasteiger partial charge in [0.25, 0.3) is 0 Å². The molecule has 0 saturated heterocycles.